The third-order valence-electron chi connectivity index (χ3n) is 14.3. The molecule has 0 spiro atoms. The average molecular weight is 1020 g/mol. The number of rotatable bonds is 10. The minimum absolute atomic E-state index is 0.0828. The molecule has 0 unspecified atom stereocenters. The highest BCUT2D eigenvalue weighted by molar-refractivity contribution is 6.05. The van der Waals surface area contributed by atoms with E-state index >= 15 is 8.78 Å². The molecular formula is C56H56F6N6O6. The van der Waals surface area contributed by atoms with E-state index in [0.717, 1.165) is 81.9 Å². The summed E-state index contributed by atoms with van der Waals surface area (Å²) in [4.78, 5) is 36.9. The minimum Gasteiger partial charge on any atom is -0.393 e. The minimum atomic E-state index is -3.15. The zero-order valence-corrected chi connectivity index (χ0v) is 41.2. The summed E-state index contributed by atoms with van der Waals surface area (Å²) in [7, 11) is 0. The van der Waals surface area contributed by atoms with Crippen molar-refractivity contribution in [3.63, 3.8) is 0 Å². The Morgan fingerprint density at radius 3 is 1.41 bits per heavy atom. The van der Waals surface area contributed by atoms with Gasteiger partial charge in [0.2, 0.25) is 0 Å². The molecule has 6 aromatic rings. The fourth-order valence-electron chi connectivity index (χ4n) is 10.2. The first kappa shape index (κ1) is 52.0. The summed E-state index contributed by atoms with van der Waals surface area (Å²) in [6.45, 7) is 6.64. The van der Waals surface area contributed by atoms with Crippen LogP contribution in [-0.4, -0.2) is 108 Å². The van der Waals surface area contributed by atoms with Crippen LogP contribution in [0.15, 0.2) is 109 Å². The van der Waals surface area contributed by atoms with Crippen molar-refractivity contribution in [2.24, 2.45) is 0 Å². The molecule has 4 N–H and O–H groups in total. The van der Waals surface area contributed by atoms with Gasteiger partial charge in [0.1, 0.15) is 11.4 Å². The van der Waals surface area contributed by atoms with Gasteiger partial charge in [-0.15, -0.1) is 0 Å². The van der Waals surface area contributed by atoms with Crippen molar-refractivity contribution in [2.45, 2.75) is 75.8 Å². The first-order chi connectivity index (χ1) is 35.2. The molecule has 0 bridgehead atoms. The van der Waals surface area contributed by atoms with E-state index in [0.29, 0.717) is 37.7 Å². The van der Waals surface area contributed by atoms with Gasteiger partial charge in [0, 0.05) is 86.0 Å². The number of benzene rings is 4. The first-order valence-corrected chi connectivity index (χ1v) is 24.3. The van der Waals surface area contributed by atoms with Gasteiger partial charge in [-0.2, -0.15) is 17.6 Å². The van der Waals surface area contributed by atoms with E-state index in [2.05, 4.69) is 20.6 Å². The lowest BCUT2D eigenvalue weighted by molar-refractivity contribution is -0.0174. The van der Waals surface area contributed by atoms with E-state index in [-0.39, 0.29) is 37.2 Å². The van der Waals surface area contributed by atoms with E-state index in [4.69, 9.17) is 9.47 Å². The summed E-state index contributed by atoms with van der Waals surface area (Å²) in [6.07, 6.45) is 2.58. The van der Waals surface area contributed by atoms with Crippen LogP contribution in [0.4, 0.5) is 49.1 Å². The molecule has 2 aromatic heterocycles. The van der Waals surface area contributed by atoms with Crippen LogP contribution < -0.4 is 20.4 Å². The molecule has 4 aliphatic heterocycles. The maximum absolute atomic E-state index is 15.6. The quantitative estimate of drug-likeness (QED) is 0.0978. The highest BCUT2D eigenvalue weighted by atomic mass is 19.3. The van der Waals surface area contributed by atoms with Crippen molar-refractivity contribution >= 4 is 34.6 Å². The monoisotopic (exact) mass is 1020 g/mol. The molecule has 2 amide bonds. The lowest BCUT2D eigenvalue weighted by Crippen LogP contribution is -2.62. The Kier molecular flexibility index (Phi) is 14.4. The number of nitrogens with zero attached hydrogens (tertiary/aromatic N) is 4. The van der Waals surface area contributed by atoms with Crippen molar-refractivity contribution in [3.8, 4) is 22.3 Å². The third-order valence-corrected chi connectivity index (χ3v) is 14.3. The van der Waals surface area contributed by atoms with E-state index < -0.39 is 71.7 Å². The maximum atomic E-state index is 15.6. The molecule has 4 aromatic carbocycles. The number of ether oxygens (including phenoxy) is 2. The Morgan fingerprint density at radius 2 is 1.03 bits per heavy atom. The summed E-state index contributed by atoms with van der Waals surface area (Å²) >= 11 is 0. The molecule has 4 atom stereocenters. The highest BCUT2D eigenvalue weighted by Gasteiger charge is 2.49. The number of hydrogen-bond acceptors (Lipinski definition) is 10. The number of aryl methyl sites for hydroxylation is 2. The van der Waals surface area contributed by atoms with Crippen molar-refractivity contribution in [1.29, 1.82) is 0 Å². The summed E-state index contributed by atoms with van der Waals surface area (Å²) in [5.74, 6) is -7.35. The van der Waals surface area contributed by atoms with Gasteiger partial charge in [-0.25, -0.2) is 8.78 Å². The topological polar surface area (TPSA) is 149 Å². The number of nitrogens with one attached hydrogen (secondary N) is 2. The number of alkyl halides is 6. The number of halogens is 6. The van der Waals surface area contributed by atoms with E-state index in [1.54, 1.807) is 12.1 Å². The van der Waals surface area contributed by atoms with Crippen LogP contribution in [0.3, 0.4) is 0 Å². The van der Waals surface area contributed by atoms with Crippen LogP contribution in [0, 0.1) is 13.8 Å². The Hall–Kier alpha value is -6.86. The second kappa shape index (κ2) is 20.5. The Bertz CT molecular complexity index is 2890. The Balaban J connectivity index is 0.000000182. The van der Waals surface area contributed by atoms with Crippen LogP contribution in [0.25, 0.3) is 22.3 Å². The molecule has 2 fully saturated rings. The predicted molar refractivity (Wildman–Crippen MR) is 270 cm³/mol. The van der Waals surface area contributed by atoms with Crippen LogP contribution >= 0.6 is 0 Å². The van der Waals surface area contributed by atoms with Crippen LogP contribution in [0.2, 0.25) is 0 Å². The zero-order chi connectivity index (χ0) is 52.7. The highest BCUT2D eigenvalue weighted by Crippen LogP contribution is 2.44. The number of fused-ring (bicyclic) bond motifs is 6. The summed E-state index contributed by atoms with van der Waals surface area (Å²) < 4.78 is 96.8. The lowest BCUT2D eigenvalue weighted by atomic mass is 9.82. The van der Waals surface area contributed by atoms with Crippen molar-refractivity contribution < 1.29 is 55.6 Å². The van der Waals surface area contributed by atoms with Gasteiger partial charge in [-0.3, -0.25) is 19.6 Å². The van der Waals surface area contributed by atoms with Crippen molar-refractivity contribution in [2.75, 3.05) is 73.2 Å². The van der Waals surface area contributed by atoms with Crippen LogP contribution in [0.5, 0.6) is 0 Å². The molecule has 388 valence electrons. The second-order valence-electron chi connectivity index (χ2n) is 19.6. The fraction of sp³-hybridized carbons (Fsp3) is 0.357. The summed E-state index contributed by atoms with van der Waals surface area (Å²) in [5.41, 5.74) is 5.63. The zero-order valence-electron chi connectivity index (χ0n) is 41.2. The maximum Gasteiger partial charge on any atom is 0.286 e. The predicted octanol–water partition coefficient (Wildman–Crippen LogP) is 9.77. The van der Waals surface area contributed by atoms with E-state index in [1.165, 1.54) is 24.5 Å². The average Bonchev–Trinajstić information content (AvgIpc) is 3.40. The van der Waals surface area contributed by atoms with Crippen molar-refractivity contribution in [3.05, 3.63) is 154 Å². The number of amides is 2. The van der Waals surface area contributed by atoms with Gasteiger partial charge < -0.3 is 40.1 Å². The largest absolute Gasteiger partial charge is 0.393 e. The second-order valence-corrected chi connectivity index (χ2v) is 19.6. The number of morpholine rings is 2. The fourth-order valence-corrected chi connectivity index (χ4v) is 10.2. The molecule has 10 rings (SSSR count). The van der Waals surface area contributed by atoms with Gasteiger partial charge in [-0.1, -0.05) is 36.4 Å². The normalized spacial score (nSPS) is 21.2. The van der Waals surface area contributed by atoms with E-state index in [1.807, 2.05) is 84.3 Å². The molecule has 0 radical (unpaired) electrons. The third kappa shape index (κ3) is 10.6. The molecule has 74 heavy (non-hydrogen) atoms. The molecule has 6 heterocycles. The molecule has 0 aliphatic carbocycles. The van der Waals surface area contributed by atoms with Gasteiger partial charge in [-0.05, 0) is 119 Å². The van der Waals surface area contributed by atoms with Gasteiger partial charge in [0.15, 0.2) is 11.3 Å². The Labute approximate surface area is 424 Å². The number of carbonyl (C=O) groups is 2. The molecule has 12 nitrogen and oxygen atoms in total. The number of aromatic nitrogens is 2. The van der Waals surface area contributed by atoms with Crippen LogP contribution in [-0.2, 0) is 34.2 Å². The number of hydrogen-bond donors (Lipinski definition) is 4. The van der Waals surface area contributed by atoms with Gasteiger partial charge >= 0.3 is 0 Å². The Morgan fingerprint density at radius 1 is 0.622 bits per heavy atom. The van der Waals surface area contributed by atoms with Gasteiger partial charge in [0.05, 0.1) is 51.7 Å². The number of anilines is 4. The smallest absolute Gasteiger partial charge is 0.286 e. The summed E-state index contributed by atoms with van der Waals surface area (Å²) in [5, 5.41) is 25.2. The number of pyridine rings is 2. The standard InChI is InChI=1S/2C28H28F3N3O3/c2*1-17-3-6-21(33-26(36)19-7-8-32-24(12-19)27(2,29)30)13-22(17)18-4-5-20-14-28(31,16-35)25-15-37-10-9-34(25)23(20)11-18/h2*3-8,11-13,25,35H,9-10,14-16H2,1-2H3,(H,33,36)/t2*25-,28+/m10/s1. The van der Waals surface area contributed by atoms with Crippen LogP contribution in [0.1, 0.15) is 68.2 Å². The van der Waals surface area contributed by atoms with Crippen molar-refractivity contribution in [1.82, 2.24) is 9.97 Å². The SMILES string of the molecule is Cc1ccc(NC(=O)c2ccnc(C(C)(F)F)c2)cc1-c1ccc2c(c1)N1CCOC[C@@H]1[C@@](F)(CO)C2.Cc1ccc(NC(=O)c2ccnc(C(C)(F)F)c2)cc1-c1ccc2c(c1)N1CCOC[C@H]1[C@](F)(CO)C2. The number of aliphatic hydroxyl groups excluding tert-OH is 2. The van der Waals surface area contributed by atoms with E-state index in [9.17, 15) is 37.4 Å². The molecule has 0 saturated carbocycles. The lowest BCUT2D eigenvalue weighted by Gasteiger charge is -2.48. The molecular weight excluding hydrogens is 967 g/mol. The number of carbonyl (C=O) groups excluding carboxylic acids is 2. The summed E-state index contributed by atoms with van der Waals surface area (Å²) in [6, 6.07) is 26.3. The number of aliphatic hydroxyl groups is 2. The molecule has 2 saturated heterocycles. The molecule has 4 aliphatic rings. The molecule has 18 heteroatoms. The first-order valence-electron chi connectivity index (χ1n) is 24.3. The van der Waals surface area contributed by atoms with Gasteiger partial charge in [0.25, 0.3) is 23.7 Å².